The van der Waals surface area contributed by atoms with Gasteiger partial charge < -0.3 is 10.5 Å². The van der Waals surface area contributed by atoms with Gasteiger partial charge >= 0.3 is 0 Å². The molecule has 0 fully saturated rings. The summed E-state index contributed by atoms with van der Waals surface area (Å²) in [5, 5.41) is 4.37. The van der Waals surface area contributed by atoms with E-state index in [1.165, 1.54) is 5.56 Å². The summed E-state index contributed by atoms with van der Waals surface area (Å²) in [5.74, 6) is 0.755. The molecule has 1 aromatic heterocycles. The molecule has 1 heterocycles. The minimum atomic E-state index is -0.218. The average molecular weight is 273 g/mol. The van der Waals surface area contributed by atoms with Gasteiger partial charge in [0.2, 0.25) is 0 Å². The summed E-state index contributed by atoms with van der Waals surface area (Å²) in [4.78, 5) is 0. The van der Waals surface area contributed by atoms with E-state index < -0.39 is 0 Å². The lowest BCUT2D eigenvalue weighted by Crippen LogP contribution is -2.18. The molecule has 4 heteroatoms. The summed E-state index contributed by atoms with van der Waals surface area (Å²) in [6, 6.07) is 8.22. The molecule has 0 aliphatic heterocycles. The van der Waals surface area contributed by atoms with Crippen molar-refractivity contribution in [2.75, 3.05) is 7.11 Å². The van der Waals surface area contributed by atoms with E-state index in [0.29, 0.717) is 0 Å². The Morgan fingerprint density at radius 2 is 1.95 bits per heavy atom. The Balaban J connectivity index is 2.35. The van der Waals surface area contributed by atoms with Gasteiger partial charge in [0.1, 0.15) is 5.69 Å². The Hall–Kier alpha value is -1.81. The summed E-state index contributed by atoms with van der Waals surface area (Å²) in [6.07, 6.45) is 3.79. The fraction of sp³-hybridized carbons (Fsp3) is 0.438. The van der Waals surface area contributed by atoms with E-state index in [0.717, 1.165) is 36.4 Å². The quantitative estimate of drug-likeness (QED) is 0.880. The first-order valence-electron chi connectivity index (χ1n) is 7.15. The molecule has 4 nitrogen and oxygen atoms in total. The van der Waals surface area contributed by atoms with Gasteiger partial charge in [0, 0.05) is 6.54 Å². The Kier molecular flexibility index (Phi) is 4.79. The average Bonchev–Trinajstić information content (AvgIpc) is 2.90. The van der Waals surface area contributed by atoms with E-state index in [1.807, 2.05) is 4.68 Å². The van der Waals surface area contributed by atoms with Gasteiger partial charge in [-0.25, -0.2) is 0 Å². The molecule has 0 saturated heterocycles. The van der Waals surface area contributed by atoms with Gasteiger partial charge in [0.25, 0.3) is 0 Å². The molecule has 108 valence electrons. The summed E-state index contributed by atoms with van der Waals surface area (Å²) < 4.78 is 7.34. The molecule has 1 atom stereocenters. The van der Waals surface area contributed by atoms with Crippen LogP contribution in [0.25, 0.3) is 0 Å². The number of rotatable bonds is 6. The fourth-order valence-corrected chi connectivity index (χ4v) is 2.36. The highest BCUT2D eigenvalue weighted by atomic mass is 16.5. The van der Waals surface area contributed by atoms with E-state index >= 15 is 0 Å². The van der Waals surface area contributed by atoms with Crippen LogP contribution in [0, 0.1) is 0 Å². The number of nitrogens with zero attached hydrogens (tertiary/aromatic N) is 2. The Labute approximate surface area is 120 Å². The molecule has 1 aromatic carbocycles. The maximum atomic E-state index is 6.42. The van der Waals surface area contributed by atoms with Crippen LogP contribution in [0.2, 0.25) is 0 Å². The molecule has 20 heavy (non-hydrogen) atoms. The predicted octanol–water partition coefficient (Wildman–Crippen LogP) is 2.91. The Bertz CT molecular complexity index is 545. The molecule has 0 saturated carbocycles. The van der Waals surface area contributed by atoms with Crippen molar-refractivity contribution in [3.8, 4) is 5.75 Å². The second-order valence-corrected chi connectivity index (χ2v) is 4.89. The van der Waals surface area contributed by atoms with Crippen LogP contribution in [0.15, 0.2) is 30.5 Å². The standard InChI is InChI=1S/C16H23N3O/c1-4-10-19-16(14(20-3)11-18-19)15(17)13-8-6-12(5-2)7-9-13/h6-9,11,15H,4-5,10,17H2,1-3H3. The van der Waals surface area contributed by atoms with Gasteiger partial charge in [0.15, 0.2) is 5.75 Å². The van der Waals surface area contributed by atoms with Gasteiger partial charge in [-0.2, -0.15) is 5.10 Å². The zero-order valence-corrected chi connectivity index (χ0v) is 12.5. The molecule has 0 amide bonds. The van der Waals surface area contributed by atoms with Gasteiger partial charge in [-0.15, -0.1) is 0 Å². The largest absolute Gasteiger partial charge is 0.493 e. The molecule has 0 aliphatic rings. The van der Waals surface area contributed by atoms with Crippen LogP contribution in [0.4, 0.5) is 0 Å². The SMILES string of the molecule is CCCn1ncc(OC)c1C(N)c1ccc(CC)cc1. The normalized spacial score (nSPS) is 12.4. The number of aryl methyl sites for hydroxylation is 2. The van der Waals surface area contributed by atoms with Crippen molar-refractivity contribution in [1.29, 1.82) is 0 Å². The first-order chi connectivity index (χ1) is 9.71. The minimum Gasteiger partial charge on any atom is -0.493 e. The van der Waals surface area contributed by atoms with Crippen LogP contribution in [0.5, 0.6) is 5.75 Å². The van der Waals surface area contributed by atoms with E-state index in [-0.39, 0.29) is 6.04 Å². The number of aromatic nitrogens is 2. The van der Waals surface area contributed by atoms with E-state index in [4.69, 9.17) is 10.5 Å². The van der Waals surface area contributed by atoms with Crippen molar-refractivity contribution < 1.29 is 4.74 Å². The fourth-order valence-electron chi connectivity index (χ4n) is 2.36. The monoisotopic (exact) mass is 273 g/mol. The van der Waals surface area contributed by atoms with Crippen LogP contribution in [0.1, 0.15) is 43.1 Å². The molecular formula is C16H23N3O. The Morgan fingerprint density at radius 1 is 1.25 bits per heavy atom. The van der Waals surface area contributed by atoms with Gasteiger partial charge in [-0.05, 0) is 24.0 Å². The second kappa shape index (κ2) is 6.57. The van der Waals surface area contributed by atoms with Gasteiger partial charge in [-0.1, -0.05) is 38.1 Å². The lowest BCUT2D eigenvalue weighted by Gasteiger charge is -2.16. The van der Waals surface area contributed by atoms with Crippen molar-refractivity contribution in [2.45, 2.75) is 39.3 Å². The molecular weight excluding hydrogens is 250 g/mol. The van der Waals surface area contributed by atoms with Gasteiger partial charge in [-0.3, -0.25) is 4.68 Å². The van der Waals surface area contributed by atoms with E-state index in [9.17, 15) is 0 Å². The highest BCUT2D eigenvalue weighted by Gasteiger charge is 2.19. The smallest absolute Gasteiger partial charge is 0.161 e. The van der Waals surface area contributed by atoms with E-state index in [2.05, 4.69) is 43.2 Å². The topological polar surface area (TPSA) is 53.1 Å². The molecule has 2 rings (SSSR count). The zero-order valence-electron chi connectivity index (χ0n) is 12.5. The number of nitrogens with two attached hydrogens (primary N) is 1. The third-order valence-electron chi connectivity index (χ3n) is 3.54. The zero-order chi connectivity index (χ0) is 14.5. The van der Waals surface area contributed by atoms with Crippen molar-refractivity contribution in [1.82, 2.24) is 9.78 Å². The molecule has 0 bridgehead atoms. The summed E-state index contributed by atoms with van der Waals surface area (Å²) in [5.41, 5.74) is 9.76. The highest BCUT2D eigenvalue weighted by molar-refractivity contribution is 5.37. The summed E-state index contributed by atoms with van der Waals surface area (Å²) >= 11 is 0. The first kappa shape index (κ1) is 14.6. The second-order valence-electron chi connectivity index (χ2n) is 4.89. The van der Waals surface area contributed by atoms with Crippen molar-refractivity contribution in [3.63, 3.8) is 0 Å². The third kappa shape index (κ3) is 2.85. The van der Waals surface area contributed by atoms with Crippen LogP contribution >= 0.6 is 0 Å². The van der Waals surface area contributed by atoms with Crippen molar-refractivity contribution >= 4 is 0 Å². The first-order valence-corrected chi connectivity index (χ1v) is 7.15. The number of hydrogen-bond donors (Lipinski definition) is 1. The lowest BCUT2D eigenvalue weighted by molar-refractivity contribution is 0.404. The maximum absolute atomic E-state index is 6.42. The van der Waals surface area contributed by atoms with Crippen LogP contribution in [-0.2, 0) is 13.0 Å². The molecule has 1 unspecified atom stereocenters. The molecule has 0 aliphatic carbocycles. The highest BCUT2D eigenvalue weighted by Crippen LogP contribution is 2.28. The minimum absolute atomic E-state index is 0.218. The number of methoxy groups -OCH3 is 1. The predicted molar refractivity (Wildman–Crippen MR) is 80.9 cm³/mol. The van der Waals surface area contributed by atoms with Crippen LogP contribution < -0.4 is 10.5 Å². The van der Waals surface area contributed by atoms with Gasteiger partial charge in [0.05, 0.1) is 19.3 Å². The Morgan fingerprint density at radius 3 is 2.50 bits per heavy atom. The number of hydrogen-bond acceptors (Lipinski definition) is 3. The van der Waals surface area contributed by atoms with Crippen LogP contribution in [-0.4, -0.2) is 16.9 Å². The van der Waals surface area contributed by atoms with Crippen molar-refractivity contribution in [2.24, 2.45) is 5.73 Å². The van der Waals surface area contributed by atoms with E-state index in [1.54, 1.807) is 13.3 Å². The van der Waals surface area contributed by atoms with Crippen molar-refractivity contribution in [3.05, 3.63) is 47.3 Å². The van der Waals surface area contributed by atoms with Crippen LogP contribution in [0.3, 0.4) is 0 Å². The lowest BCUT2D eigenvalue weighted by atomic mass is 10.0. The summed E-state index contributed by atoms with van der Waals surface area (Å²) in [6.45, 7) is 5.12. The number of benzene rings is 1. The number of ether oxygens (including phenoxy) is 1. The summed E-state index contributed by atoms with van der Waals surface area (Å²) in [7, 11) is 1.66. The maximum Gasteiger partial charge on any atom is 0.161 e. The third-order valence-corrected chi connectivity index (χ3v) is 3.54. The molecule has 2 aromatic rings. The molecule has 0 radical (unpaired) electrons. The molecule has 0 spiro atoms. The molecule has 2 N–H and O–H groups in total.